The summed E-state index contributed by atoms with van der Waals surface area (Å²) in [5.74, 6) is -0.226. The second-order valence-corrected chi connectivity index (χ2v) is 8.18. The average molecular weight is 345 g/mol. The molecule has 2 rings (SSSR count). The number of hydrogen-bond donors (Lipinski definition) is 0. The topological polar surface area (TPSA) is 70.1 Å². The molecular weight excluding hydrogens is 330 g/mol. The zero-order valence-electron chi connectivity index (χ0n) is 11.8. The van der Waals surface area contributed by atoms with E-state index in [1.807, 2.05) is 0 Å². The quantitative estimate of drug-likeness (QED) is 0.778. The fourth-order valence-electron chi connectivity index (χ4n) is 1.64. The highest BCUT2D eigenvalue weighted by Gasteiger charge is 2.34. The molecule has 1 aromatic heterocycles. The van der Waals surface area contributed by atoms with E-state index in [2.05, 4.69) is 4.40 Å². The smallest absolute Gasteiger partial charge is 0.294 e. The van der Waals surface area contributed by atoms with E-state index in [0.717, 1.165) is 23.1 Å². The first kappa shape index (κ1) is 16.1. The Bertz CT molecular complexity index is 691. The molecule has 1 fully saturated rings. The molecule has 2 heterocycles. The van der Waals surface area contributed by atoms with E-state index in [1.165, 1.54) is 11.0 Å². The molecule has 0 bridgehead atoms. The number of rotatable bonds is 4. The number of likely N-dealkylation sites (N-methyl/N-ethyl adjacent to an activating group) is 1. The van der Waals surface area contributed by atoms with Crippen LogP contribution in [0.1, 0.15) is 6.92 Å². The van der Waals surface area contributed by atoms with Crippen LogP contribution in [-0.4, -0.2) is 49.9 Å². The van der Waals surface area contributed by atoms with Crippen molar-refractivity contribution in [1.82, 2.24) is 9.80 Å². The number of amides is 1. The average Bonchev–Trinajstić information content (AvgIpc) is 2.99. The van der Waals surface area contributed by atoms with Gasteiger partial charge in [0.1, 0.15) is 4.21 Å². The zero-order valence-corrected chi connectivity index (χ0v) is 14.3. The molecule has 0 unspecified atom stereocenters. The molecule has 21 heavy (non-hydrogen) atoms. The van der Waals surface area contributed by atoms with Gasteiger partial charge in [-0.15, -0.1) is 15.7 Å². The number of carbonyl (C=O) groups is 1. The summed E-state index contributed by atoms with van der Waals surface area (Å²) < 4.78 is 28.4. The molecule has 1 aliphatic heterocycles. The summed E-state index contributed by atoms with van der Waals surface area (Å²) in [6.45, 7) is 2.15. The number of thioether (sulfide) groups is 1. The third kappa shape index (κ3) is 3.47. The van der Waals surface area contributed by atoms with Crippen molar-refractivity contribution < 1.29 is 13.2 Å². The molecule has 0 aliphatic carbocycles. The minimum Gasteiger partial charge on any atom is -0.382 e. The summed E-state index contributed by atoms with van der Waals surface area (Å²) in [6.07, 6.45) is 1.66. The Morgan fingerprint density at radius 1 is 1.43 bits per heavy atom. The van der Waals surface area contributed by atoms with Crippen LogP contribution in [0.4, 0.5) is 0 Å². The van der Waals surface area contributed by atoms with Gasteiger partial charge in [0, 0.05) is 26.8 Å². The van der Waals surface area contributed by atoms with Gasteiger partial charge in [-0.1, -0.05) is 6.07 Å². The SMILES string of the molecule is CCN1C(=O)/C(=C\N(C)C)SC1=NS(=O)(=O)c1cccs1. The predicted octanol–water partition coefficient (Wildman–Crippen LogP) is 1.79. The van der Waals surface area contributed by atoms with Crippen molar-refractivity contribution in [2.75, 3.05) is 20.6 Å². The van der Waals surface area contributed by atoms with Crippen LogP contribution in [-0.2, 0) is 14.8 Å². The minimum atomic E-state index is -3.77. The summed E-state index contributed by atoms with van der Waals surface area (Å²) in [7, 11) is -0.167. The lowest BCUT2D eigenvalue weighted by molar-refractivity contribution is -0.122. The molecule has 9 heteroatoms. The molecule has 0 aromatic carbocycles. The van der Waals surface area contributed by atoms with Crippen LogP contribution in [0.25, 0.3) is 0 Å². The van der Waals surface area contributed by atoms with E-state index in [0.29, 0.717) is 11.4 Å². The van der Waals surface area contributed by atoms with Gasteiger partial charge < -0.3 is 4.90 Å². The van der Waals surface area contributed by atoms with Crippen molar-refractivity contribution >= 4 is 44.2 Å². The molecule has 0 N–H and O–H groups in total. The number of hydrogen-bond acceptors (Lipinski definition) is 6. The Labute approximate surface area is 132 Å². The Morgan fingerprint density at radius 2 is 2.14 bits per heavy atom. The molecule has 114 valence electrons. The first-order valence-corrected chi connectivity index (χ1v) is 9.25. The Hall–Kier alpha value is -1.32. The van der Waals surface area contributed by atoms with Gasteiger partial charge in [0.25, 0.3) is 15.9 Å². The molecule has 0 radical (unpaired) electrons. The van der Waals surface area contributed by atoms with E-state index >= 15 is 0 Å². The van der Waals surface area contributed by atoms with Crippen LogP contribution < -0.4 is 0 Å². The highest BCUT2D eigenvalue weighted by atomic mass is 32.2. The van der Waals surface area contributed by atoms with Crippen molar-refractivity contribution in [3.05, 3.63) is 28.6 Å². The van der Waals surface area contributed by atoms with Crippen LogP contribution in [0.3, 0.4) is 0 Å². The standard InChI is InChI=1S/C12H15N3O3S3/c1-4-15-11(16)9(8-14(2)3)20-12(15)13-21(17,18)10-6-5-7-19-10/h5-8H,4H2,1-3H3/b9-8+,13-12?. The van der Waals surface area contributed by atoms with Crippen LogP contribution in [0.15, 0.2) is 37.2 Å². The Morgan fingerprint density at radius 3 is 2.67 bits per heavy atom. The van der Waals surface area contributed by atoms with Crippen LogP contribution >= 0.6 is 23.1 Å². The number of amidine groups is 1. The largest absolute Gasteiger partial charge is 0.382 e. The van der Waals surface area contributed by atoms with Crippen molar-refractivity contribution in [2.45, 2.75) is 11.1 Å². The van der Waals surface area contributed by atoms with Crippen LogP contribution in [0.2, 0.25) is 0 Å². The van der Waals surface area contributed by atoms with Crippen molar-refractivity contribution in [2.24, 2.45) is 4.40 Å². The van der Waals surface area contributed by atoms with Gasteiger partial charge in [0.2, 0.25) is 0 Å². The molecule has 1 aliphatic rings. The van der Waals surface area contributed by atoms with Gasteiger partial charge >= 0.3 is 0 Å². The Kier molecular flexibility index (Phi) is 4.74. The monoisotopic (exact) mass is 345 g/mol. The highest BCUT2D eigenvalue weighted by molar-refractivity contribution is 8.19. The normalized spacial score (nSPS) is 19.8. The molecule has 1 saturated heterocycles. The summed E-state index contributed by atoms with van der Waals surface area (Å²) in [5, 5.41) is 1.87. The maximum absolute atomic E-state index is 12.2. The number of sulfonamides is 1. The van der Waals surface area contributed by atoms with Gasteiger partial charge in [0.05, 0.1) is 4.91 Å². The zero-order chi connectivity index (χ0) is 15.6. The summed E-state index contributed by atoms with van der Waals surface area (Å²) in [5.41, 5.74) is 0. The second kappa shape index (κ2) is 6.20. The lowest BCUT2D eigenvalue weighted by Crippen LogP contribution is -2.29. The van der Waals surface area contributed by atoms with Crippen molar-refractivity contribution in [3.8, 4) is 0 Å². The molecule has 0 saturated carbocycles. The number of carbonyl (C=O) groups excluding carboxylic acids is 1. The summed E-state index contributed by atoms with van der Waals surface area (Å²) in [4.78, 5) is 15.8. The first-order valence-electron chi connectivity index (χ1n) is 6.11. The van der Waals surface area contributed by atoms with Gasteiger partial charge in [-0.25, -0.2) is 0 Å². The van der Waals surface area contributed by atoms with Crippen LogP contribution in [0, 0.1) is 0 Å². The van der Waals surface area contributed by atoms with Gasteiger partial charge in [-0.05, 0) is 30.1 Å². The highest BCUT2D eigenvalue weighted by Crippen LogP contribution is 2.32. The first-order chi connectivity index (χ1) is 9.85. The second-order valence-electron chi connectivity index (χ2n) is 4.39. The lowest BCUT2D eigenvalue weighted by atomic mass is 10.4. The Balaban J connectivity index is 2.39. The molecule has 0 atom stereocenters. The fraction of sp³-hybridized carbons (Fsp3) is 0.333. The lowest BCUT2D eigenvalue weighted by Gasteiger charge is -2.11. The molecule has 6 nitrogen and oxygen atoms in total. The fourth-order valence-corrected chi connectivity index (χ4v) is 4.92. The van der Waals surface area contributed by atoms with E-state index in [-0.39, 0.29) is 15.3 Å². The number of nitrogens with zero attached hydrogens (tertiary/aromatic N) is 3. The van der Waals surface area contributed by atoms with E-state index < -0.39 is 10.0 Å². The van der Waals surface area contributed by atoms with Crippen molar-refractivity contribution in [3.63, 3.8) is 0 Å². The third-order valence-electron chi connectivity index (χ3n) is 2.53. The summed E-state index contributed by atoms with van der Waals surface area (Å²) in [6, 6.07) is 3.15. The molecule has 0 spiro atoms. The maximum atomic E-state index is 12.2. The van der Waals surface area contributed by atoms with Gasteiger partial charge in [-0.3, -0.25) is 9.69 Å². The van der Waals surface area contributed by atoms with E-state index in [9.17, 15) is 13.2 Å². The maximum Gasteiger partial charge on any atom is 0.294 e. The van der Waals surface area contributed by atoms with E-state index in [4.69, 9.17) is 0 Å². The predicted molar refractivity (Wildman–Crippen MR) is 85.7 cm³/mol. The minimum absolute atomic E-state index is 0.171. The molecule has 1 amide bonds. The van der Waals surface area contributed by atoms with E-state index in [1.54, 1.807) is 43.6 Å². The van der Waals surface area contributed by atoms with Crippen LogP contribution in [0.5, 0.6) is 0 Å². The molecular formula is C12H15N3O3S3. The van der Waals surface area contributed by atoms with Gasteiger partial charge in [0.15, 0.2) is 5.17 Å². The van der Waals surface area contributed by atoms with Crippen molar-refractivity contribution in [1.29, 1.82) is 0 Å². The van der Waals surface area contributed by atoms with Gasteiger partial charge in [-0.2, -0.15) is 8.42 Å². The number of thiophene rings is 1. The molecule has 1 aromatic rings. The third-order valence-corrected chi connectivity index (χ3v) is 6.28. The summed E-state index contributed by atoms with van der Waals surface area (Å²) >= 11 is 2.18.